The van der Waals surface area contributed by atoms with E-state index < -0.39 is 0 Å². The van der Waals surface area contributed by atoms with Gasteiger partial charge in [-0.2, -0.15) is 0 Å². The van der Waals surface area contributed by atoms with Gasteiger partial charge in [0.05, 0.1) is 34.9 Å². The van der Waals surface area contributed by atoms with Gasteiger partial charge in [0.2, 0.25) is 0 Å². The number of aromatic nitrogens is 2. The van der Waals surface area contributed by atoms with E-state index in [-0.39, 0.29) is 12.1 Å². The summed E-state index contributed by atoms with van der Waals surface area (Å²) in [7, 11) is 0. The minimum Gasteiger partial charge on any atom is -0.494 e. The van der Waals surface area contributed by atoms with Crippen molar-refractivity contribution in [2.45, 2.75) is 20.4 Å². The van der Waals surface area contributed by atoms with Crippen LogP contribution in [0.2, 0.25) is 15.1 Å². The van der Waals surface area contributed by atoms with E-state index in [1.165, 1.54) is 22.2 Å². The molecule has 2 aromatic heterocycles. The number of fused-ring (bicyclic) bond motifs is 1. The molecule has 0 unspecified atom stereocenters. The maximum absolute atomic E-state index is 13.4. The lowest BCUT2D eigenvalue weighted by Gasteiger charge is -2.11. The Hall–Kier alpha value is -2.05. The smallest absolute Gasteiger partial charge is 0.263 e. The molecule has 0 bridgehead atoms. The molecule has 30 heavy (non-hydrogen) atoms. The van der Waals surface area contributed by atoms with Crippen LogP contribution < -0.4 is 10.3 Å². The summed E-state index contributed by atoms with van der Waals surface area (Å²) in [6.45, 7) is 4.71. The zero-order chi connectivity index (χ0) is 21.4. The van der Waals surface area contributed by atoms with Gasteiger partial charge >= 0.3 is 0 Å². The van der Waals surface area contributed by atoms with Crippen molar-refractivity contribution in [2.75, 3.05) is 6.61 Å². The van der Waals surface area contributed by atoms with E-state index in [4.69, 9.17) is 39.5 Å². The number of benzene rings is 2. The quantitative estimate of drug-likeness (QED) is 0.294. The zero-order valence-electron chi connectivity index (χ0n) is 16.2. The number of nitrogens with zero attached hydrogens (tertiary/aromatic N) is 2. The molecular weight excluding hydrogens is 463 g/mol. The number of hydrogen-bond donors (Lipinski definition) is 0. The van der Waals surface area contributed by atoms with Gasteiger partial charge in [-0.25, -0.2) is 4.98 Å². The van der Waals surface area contributed by atoms with Gasteiger partial charge in [-0.1, -0.05) is 46.9 Å². The summed E-state index contributed by atoms with van der Waals surface area (Å²) in [5.41, 5.74) is 2.26. The van der Waals surface area contributed by atoms with Gasteiger partial charge in [0.25, 0.3) is 5.56 Å². The third kappa shape index (κ3) is 3.83. The first-order valence-electron chi connectivity index (χ1n) is 9.24. The van der Waals surface area contributed by atoms with Crippen LogP contribution in [0.4, 0.5) is 0 Å². The molecule has 4 aromatic rings. The molecule has 2 aromatic carbocycles. The van der Waals surface area contributed by atoms with Gasteiger partial charge in [-0.3, -0.25) is 9.36 Å². The average molecular weight is 480 g/mol. The monoisotopic (exact) mass is 478 g/mol. The molecule has 0 aliphatic carbocycles. The number of rotatable bonds is 5. The van der Waals surface area contributed by atoms with Crippen LogP contribution in [0, 0.1) is 6.92 Å². The van der Waals surface area contributed by atoms with Crippen molar-refractivity contribution < 1.29 is 4.74 Å². The summed E-state index contributed by atoms with van der Waals surface area (Å²) >= 11 is 20.3. The van der Waals surface area contributed by atoms with Crippen LogP contribution in [0.25, 0.3) is 21.3 Å². The Morgan fingerprint density at radius 2 is 1.77 bits per heavy atom. The van der Waals surface area contributed by atoms with Crippen molar-refractivity contribution in [3.8, 4) is 16.9 Å². The number of thiophene rings is 1. The molecule has 2 heterocycles. The lowest BCUT2D eigenvalue weighted by Crippen LogP contribution is -2.21. The third-order valence-corrected chi connectivity index (χ3v) is 6.99. The van der Waals surface area contributed by atoms with Gasteiger partial charge < -0.3 is 4.74 Å². The van der Waals surface area contributed by atoms with Crippen LogP contribution in [0.3, 0.4) is 0 Å². The maximum Gasteiger partial charge on any atom is 0.263 e. The van der Waals surface area contributed by atoms with Crippen LogP contribution >= 0.6 is 46.1 Å². The predicted molar refractivity (Wildman–Crippen MR) is 126 cm³/mol. The predicted octanol–water partition coefficient (Wildman–Crippen LogP) is 6.84. The van der Waals surface area contributed by atoms with Crippen molar-refractivity contribution >= 4 is 56.4 Å². The third-order valence-electron chi connectivity index (χ3n) is 4.78. The van der Waals surface area contributed by atoms with Crippen molar-refractivity contribution in [1.29, 1.82) is 0 Å². The van der Waals surface area contributed by atoms with Gasteiger partial charge in [0.15, 0.2) is 0 Å². The Bertz CT molecular complexity index is 1300. The second-order valence-corrected chi connectivity index (χ2v) is 9.07. The summed E-state index contributed by atoms with van der Waals surface area (Å²) in [5, 5.41) is 1.76. The molecule has 0 radical (unpaired) electrons. The molecule has 0 saturated heterocycles. The van der Waals surface area contributed by atoms with E-state index in [0.717, 1.165) is 21.8 Å². The summed E-state index contributed by atoms with van der Waals surface area (Å²) in [4.78, 5) is 19.6. The number of aryl methyl sites for hydroxylation is 1. The highest BCUT2D eigenvalue weighted by Gasteiger charge is 2.18. The van der Waals surface area contributed by atoms with E-state index in [2.05, 4.69) is 4.98 Å². The second-order valence-electron chi connectivity index (χ2n) is 6.67. The average Bonchev–Trinajstić information content (AvgIpc) is 3.07. The molecule has 0 N–H and O–H groups in total. The van der Waals surface area contributed by atoms with Crippen molar-refractivity contribution in [1.82, 2.24) is 9.55 Å². The Kier molecular flexibility index (Phi) is 6.07. The highest BCUT2D eigenvalue weighted by molar-refractivity contribution is 7.19. The topological polar surface area (TPSA) is 44.1 Å². The highest BCUT2D eigenvalue weighted by Crippen LogP contribution is 2.36. The minimum absolute atomic E-state index is 0.152. The van der Waals surface area contributed by atoms with Crippen LogP contribution in [-0.2, 0) is 6.54 Å². The molecule has 0 spiro atoms. The molecular formula is C22H17Cl3N2O2S. The summed E-state index contributed by atoms with van der Waals surface area (Å²) in [5.74, 6) is 0.791. The van der Waals surface area contributed by atoms with Gasteiger partial charge in [-0.05, 0) is 43.7 Å². The van der Waals surface area contributed by atoms with Gasteiger partial charge in [-0.15, -0.1) is 11.3 Å². The number of ether oxygens (including phenoxy) is 1. The molecule has 0 aliphatic heterocycles. The molecule has 0 fully saturated rings. The Labute approximate surface area is 192 Å². The van der Waals surface area contributed by atoms with E-state index in [0.29, 0.717) is 37.5 Å². The van der Waals surface area contributed by atoms with Crippen molar-refractivity contribution in [3.63, 3.8) is 0 Å². The maximum atomic E-state index is 13.4. The van der Waals surface area contributed by atoms with E-state index in [9.17, 15) is 4.79 Å². The molecule has 0 amide bonds. The van der Waals surface area contributed by atoms with Crippen molar-refractivity contribution in [2.24, 2.45) is 0 Å². The standard InChI is InChI=1S/C22H17Cl3N2O2S/c1-3-29-14-6-4-13(5-7-14)18-12(2)30-21-19(18)22(28)27(11-26-21)10-15-16(23)8-9-17(24)20(15)25/h4-9,11H,3,10H2,1-2H3. The Balaban J connectivity index is 1.84. The summed E-state index contributed by atoms with van der Waals surface area (Å²) in [6, 6.07) is 11.0. The van der Waals surface area contributed by atoms with Crippen LogP contribution in [0.15, 0.2) is 47.5 Å². The van der Waals surface area contributed by atoms with Crippen LogP contribution in [0.1, 0.15) is 17.4 Å². The number of halogens is 3. The molecule has 0 atom stereocenters. The lowest BCUT2D eigenvalue weighted by atomic mass is 10.0. The normalized spacial score (nSPS) is 11.2. The van der Waals surface area contributed by atoms with E-state index >= 15 is 0 Å². The first-order chi connectivity index (χ1) is 14.4. The molecule has 0 aliphatic rings. The SMILES string of the molecule is CCOc1ccc(-c2c(C)sc3ncn(Cc4c(Cl)ccc(Cl)c4Cl)c(=O)c23)cc1. The fourth-order valence-corrected chi connectivity index (χ4v) is 5.04. The fraction of sp³-hybridized carbons (Fsp3) is 0.182. The summed E-state index contributed by atoms with van der Waals surface area (Å²) in [6.07, 6.45) is 1.52. The first-order valence-corrected chi connectivity index (χ1v) is 11.2. The van der Waals surface area contributed by atoms with Crippen LogP contribution in [-0.4, -0.2) is 16.2 Å². The summed E-state index contributed by atoms with van der Waals surface area (Å²) < 4.78 is 7.04. The van der Waals surface area contributed by atoms with E-state index in [1.807, 2.05) is 38.1 Å². The van der Waals surface area contributed by atoms with Gasteiger partial charge in [0.1, 0.15) is 10.6 Å². The molecule has 0 saturated carbocycles. The Morgan fingerprint density at radius 1 is 1.07 bits per heavy atom. The van der Waals surface area contributed by atoms with Crippen molar-refractivity contribution in [3.05, 3.63) is 78.6 Å². The molecule has 4 rings (SSSR count). The molecule has 8 heteroatoms. The first kappa shape index (κ1) is 21.2. The zero-order valence-corrected chi connectivity index (χ0v) is 19.3. The van der Waals surface area contributed by atoms with Crippen LogP contribution in [0.5, 0.6) is 5.75 Å². The second kappa shape index (κ2) is 8.60. The molecule has 4 nitrogen and oxygen atoms in total. The number of hydrogen-bond acceptors (Lipinski definition) is 4. The molecule has 154 valence electrons. The highest BCUT2D eigenvalue weighted by atomic mass is 35.5. The minimum atomic E-state index is -0.152. The Morgan fingerprint density at radius 3 is 2.47 bits per heavy atom. The largest absolute Gasteiger partial charge is 0.494 e. The van der Waals surface area contributed by atoms with Gasteiger partial charge in [0, 0.05) is 21.0 Å². The van der Waals surface area contributed by atoms with E-state index in [1.54, 1.807) is 12.1 Å². The fourth-order valence-electron chi connectivity index (χ4n) is 3.37. The lowest BCUT2D eigenvalue weighted by molar-refractivity contribution is 0.340.